The lowest BCUT2D eigenvalue weighted by atomic mass is 9.87. The van der Waals surface area contributed by atoms with Gasteiger partial charge in [-0.2, -0.15) is 0 Å². The minimum atomic E-state index is 0.383. The highest BCUT2D eigenvalue weighted by atomic mass is 16.3. The number of phenols is 1. The molecule has 2 aliphatic rings. The van der Waals surface area contributed by atoms with Crippen LogP contribution < -0.4 is 0 Å². The van der Waals surface area contributed by atoms with Gasteiger partial charge in [0.15, 0.2) is 0 Å². The van der Waals surface area contributed by atoms with E-state index in [0.717, 1.165) is 19.4 Å². The monoisotopic (exact) mass is 265 g/mol. The first kappa shape index (κ1) is 12.0. The molecule has 102 valence electrons. The molecule has 2 unspecified atom stereocenters. The zero-order chi connectivity index (χ0) is 13.7. The maximum atomic E-state index is 9.86. The molecular weight excluding hydrogens is 246 g/mol. The normalized spacial score (nSPS) is 24.6. The average Bonchev–Trinajstić information content (AvgIpc) is 2.77. The van der Waals surface area contributed by atoms with Crippen molar-refractivity contribution in [1.29, 1.82) is 0 Å². The van der Waals surface area contributed by atoms with Crippen LogP contribution in [0.25, 0.3) is 0 Å². The summed E-state index contributed by atoms with van der Waals surface area (Å²) in [5.74, 6) is 0.787. The third-order valence-corrected chi connectivity index (χ3v) is 4.97. The highest BCUT2D eigenvalue weighted by molar-refractivity contribution is 5.50. The van der Waals surface area contributed by atoms with Gasteiger partial charge >= 0.3 is 0 Å². The number of aromatic hydroxyl groups is 1. The van der Waals surface area contributed by atoms with E-state index in [-0.39, 0.29) is 0 Å². The standard InChI is InChI=1S/C18H19NO/c1-19-9-8-12-4-2-3-5-15(12)18-16-11-14(20)7-6-13(16)10-17(18)19/h2-7,11,17-18,20H,8-10H2,1H3. The van der Waals surface area contributed by atoms with Crippen molar-refractivity contribution in [2.75, 3.05) is 13.6 Å². The number of rotatable bonds is 0. The number of hydrogen-bond donors (Lipinski definition) is 1. The van der Waals surface area contributed by atoms with Crippen molar-refractivity contribution >= 4 is 0 Å². The third-order valence-electron chi connectivity index (χ3n) is 4.97. The molecule has 0 amide bonds. The molecule has 0 aromatic heterocycles. The van der Waals surface area contributed by atoms with Crippen molar-refractivity contribution in [3.05, 3.63) is 64.7 Å². The Labute approximate surface area is 119 Å². The van der Waals surface area contributed by atoms with Gasteiger partial charge in [-0.1, -0.05) is 30.3 Å². The van der Waals surface area contributed by atoms with Gasteiger partial charge in [-0.3, -0.25) is 0 Å². The van der Waals surface area contributed by atoms with Gasteiger partial charge in [0.1, 0.15) is 5.75 Å². The molecule has 0 spiro atoms. The van der Waals surface area contributed by atoms with Crippen molar-refractivity contribution in [1.82, 2.24) is 4.90 Å². The van der Waals surface area contributed by atoms with Crippen LogP contribution in [0.15, 0.2) is 42.5 Å². The van der Waals surface area contributed by atoms with E-state index < -0.39 is 0 Å². The molecular formula is C18H19NO. The maximum absolute atomic E-state index is 9.86. The smallest absolute Gasteiger partial charge is 0.115 e. The van der Waals surface area contributed by atoms with Crippen LogP contribution in [0.4, 0.5) is 0 Å². The summed E-state index contributed by atoms with van der Waals surface area (Å²) in [6, 6.07) is 15.2. The second-order valence-electron chi connectivity index (χ2n) is 6.06. The van der Waals surface area contributed by atoms with Crippen LogP contribution >= 0.6 is 0 Å². The highest BCUT2D eigenvalue weighted by Crippen LogP contribution is 2.44. The maximum Gasteiger partial charge on any atom is 0.115 e. The van der Waals surface area contributed by atoms with Gasteiger partial charge in [-0.25, -0.2) is 0 Å². The van der Waals surface area contributed by atoms with E-state index in [1.54, 1.807) is 0 Å². The lowest BCUT2D eigenvalue weighted by molar-refractivity contribution is 0.244. The van der Waals surface area contributed by atoms with Crippen LogP contribution in [0.2, 0.25) is 0 Å². The summed E-state index contributed by atoms with van der Waals surface area (Å²) in [5, 5.41) is 9.86. The van der Waals surface area contributed by atoms with E-state index in [2.05, 4.69) is 42.3 Å². The lowest BCUT2D eigenvalue weighted by Crippen LogP contribution is -2.34. The van der Waals surface area contributed by atoms with Crippen molar-refractivity contribution in [2.45, 2.75) is 24.8 Å². The minimum absolute atomic E-state index is 0.383. The fraction of sp³-hybridized carbons (Fsp3) is 0.333. The first-order valence-electron chi connectivity index (χ1n) is 7.34. The molecule has 2 nitrogen and oxygen atoms in total. The van der Waals surface area contributed by atoms with Gasteiger partial charge in [-0.05, 0) is 54.3 Å². The predicted octanol–water partition coefficient (Wildman–Crippen LogP) is 2.94. The Morgan fingerprint density at radius 1 is 1.05 bits per heavy atom. The molecule has 2 aromatic rings. The van der Waals surface area contributed by atoms with E-state index in [4.69, 9.17) is 0 Å². The van der Waals surface area contributed by atoms with Crippen molar-refractivity contribution in [2.24, 2.45) is 0 Å². The summed E-state index contributed by atoms with van der Waals surface area (Å²) in [6.45, 7) is 1.11. The number of hydrogen-bond acceptors (Lipinski definition) is 2. The number of phenolic OH excluding ortho intramolecular Hbond substituents is 1. The Balaban J connectivity index is 1.93. The molecule has 1 aliphatic carbocycles. The largest absolute Gasteiger partial charge is 0.508 e. The van der Waals surface area contributed by atoms with E-state index in [9.17, 15) is 5.11 Å². The minimum Gasteiger partial charge on any atom is -0.508 e. The molecule has 2 aromatic carbocycles. The van der Waals surface area contributed by atoms with Crippen LogP contribution in [0, 0.1) is 0 Å². The van der Waals surface area contributed by atoms with Crippen molar-refractivity contribution in [3.63, 3.8) is 0 Å². The van der Waals surface area contributed by atoms with Crippen LogP contribution in [-0.4, -0.2) is 29.6 Å². The van der Waals surface area contributed by atoms with Gasteiger partial charge in [0.05, 0.1) is 0 Å². The van der Waals surface area contributed by atoms with Crippen LogP contribution in [0.5, 0.6) is 5.75 Å². The topological polar surface area (TPSA) is 23.5 Å². The first-order valence-corrected chi connectivity index (χ1v) is 7.34. The zero-order valence-corrected chi connectivity index (χ0v) is 11.7. The van der Waals surface area contributed by atoms with E-state index in [1.165, 1.54) is 22.3 Å². The summed E-state index contributed by atoms with van der Waals surface area (Å²) < 4.78 is 0. The second-order valence-corrected chi connectivity index (χ2v) is 6.06. The molecule has 4 rings (SSSR count). The van der Waals surface area contributed by atoms with Gasteiger partial charge in [0, 0.05) is 18.5 Å². The predicted molar refractivity (Wildman–Crippen MR) is 80.2 cm³/mol. The average molecular weight is 265 g/mol. The number of likely N-dealkylation sites (N-methyl/N-ethyl adjacent to an activating group) is 1. The molecule has 2 heteroatoms. The lowest BCUT2D eigenvalue weighted by Gasteiger charge is -2.27. The van der Waals surface area contributed by atoms with Crippen molar-refractivity contribution < 1.29 is 5.11 Å². The number of fused-ring (bicyclic) bond motifs is 5. The zero-order valence-electron chi connectivity index (χ0n) is 11.7. The molecule has 0 saturated carbocycles. The molecule has 2 atom stereocenters. The Bertz CT molecular complexity index is 664. The highest BCUT2D eigenvalue weighted by Gasteiger charge is 2.38. The molecule has 1 N–H and O–H groups in total. The van der Waals surface area contributed by atoms with Crippen LogP contribution in [-0.2, 0) is 12.8 Å². The third kappa shape index (κ3) is 1.68. The Hall–Kier alpha value is -1.80. The fourth-order valence-corrected chi connectivity index (χ4v) is 3.92. The Morgan fingerprint density at radius 3 is 2.80 bits per heavy atom. The first-order chi connectivity index (χ1) is 9.74. The summed E-state index contributed by atoms with van der Waals surface area (Å²) in [4.78, 5) is 2.49. The number of nitrogens with zero attached hydrogens (tertiary/aromatic N) is 1. The Kier molecular flexibility index (Phi) is 2.61. The molecule has 1 heterocycles. The number of benzene rings is 2. The van der Waals surface area contributed by atoms with Gasteiger partial charge < -0.3 is 10.0 Å². The van der Waals surface area contributed by atoms with Gasteiger partial charge in [0.25, 0.3) is 0 Å². The SMILES string of the molecule is CN1CCc2ccccc2C2c3cc(O)ccc3CC21. The second kappa shape index (κ2) is 4.35. The van der Waals surface area contributed by atoms with Crippen LogP contribution in [0.1, 0.15) is 28.2 Å². The van der Waals surface area contributed by atoms with E-state index >= 15 is 0 Å². The van der Waals surface area contributed by atoms with Crippen LogP contribution in [0.3, 0.4) is 0 Å². The summed E-state index contributed by atoms with van der Waals surface area (Å²) in [5.41, 5.74) is 5.62. The Morgan fingerprint density at radius 2 is 1.90 bits per heavy atom. The molecule has 20 heavy (non-hydrogen) atoms. The quantitative estimate of drug-likeness (QED) is 0.791. The summed E-state index contributed by atoms with van der Waals surface area (Å²) in [7, 11) is 2.23. The van der Waals surface area contributed by atoms with E-state index in [0.29, 0.717) is 17.7 Å². The van der Waals surface area contributed by atoms with Gasteiger partial charge in [-0.15, -0.1) is 0 Å². The molecule has 0 radical (unpaired) electrons. The molecule has 0 bridgehead atoms. The van der Waals surface area contributed by atoms with Crippen molar-refractivity contribution in [3.8, 4) is 5.75 Å². The summed E-state index contributed by atoms with van der Waals surface area (Å²) >= 11 is 0. The fourth-order valence-electron chi connectivity index (χ4n) is 3.92. The van der Waals surface area contributed by atoms with Gasteiger partial charge in [0.2, 0.25) is 0 Å². The summed E-state index contributed by atoms with van der Waals surface area (Å²) in [6.07, 6.45) is 2.21. The molecule has 0 fully saturated rings. The molecule has 0 saturated heterocycles. The van der Waals surface area contributed by atoms with E-state index in [1.807, 2.05) is 12.1 Å². The molecule has 1 aliphatic heterocycles.